The fraction of sp³-hybridized carbons (Fsp3) is 0.750. The lowest BCUT2D eigenvalue weighted by atomic mass is 10.1. The Labute approximate surface area is 139 Å². The summed E-state index contributed by atoms with van der Waals surface area (Å²) in [6, 6.07) is 0. The molecule has 0 bridgehead atoms. The molecule has 0 aliphatic carbocycles. The van der Waals surface area contributed by atoms with Crippen LogP contribution in [-0.4, -0.2) is 65.7 Å². The number of hydrogen-bond donors (Lipinski definition) is 0. The highest BCUT2D eigenvalue weighted by atomic mass is 19.3. The SMILES string of the molecule is Cc1noc(C)c1CN1CCOC(C(=O)N2CCC(F)(F)CC2)C1. The van der Waals surface area contributed by atoms with Crippen LogP contribution in [0.2, 0.25) is 0 Å². The molecule has 1 aromatic rings. The lowest BCUT2D eigenvalue weighted by molar-refractivity contribution is -0.155. The van der Waals surface area contributed by atoms with Crippen molar-refractivity contribution in [3.8, 4) is 0 Å². The number of nitrogens with zero attached hydrogens (tertiary/aromatic N) is 3. The zero-order valence-corrected chi connectivity index (χ0v) is 14.1. The van der Waals surface area contributed by atoms with E-state index in [1.807, 2.05) is 13.8 Å². The summed E-state index contributed by atoms with van der Waals surface area (Å²) in [4.78, 5) is 16.2. The standard InChI is InChI=1S/C16H23F2N3O3/c1-11-13(12(2)24-19-11)9-20-7-8-23-14(10-20)15(22)21-5-3-16(17,18)4-6-21/h14H,3-10H2,1-2H3. The van der Waals surface area contributed by atoms with Crippen molar-refractivity contribution in [2.75, 3.05) is 32.8 Å². The van der Waals surface area contributed by atoms with Gasteiger partial charge >= 0.3 is 0 Å². The Balaban J connectivity index is 1.58. The van der Waals surface area contributed by atoms with Crippen molar-refractivity contribution in [1.82, 2.24) is 15.0 Å². The average Bonchev–Trinajstić information content (AvgIpc) is 2.86. The van der Waals surface area contributed by atoms with Crippen LogP contribution in [0.5, 0.6) is 0 Å². The first-order chi connectivity index (χ1) is 11.4. The largest absolute Gasteiger partial charge is 0.366 e. The molecule has 1 unspecified atom stereocenters. The molecule has 1 amide bonds. The van der Waals surface area contributed by atoms with E-state index in [0.717, 1.165) is 17.0 Å². The lowest BCUT2D eigenvalue weighted by Crippen LogP contribution is -2.53. The maximum Gasteiger partial charge on any atom is 0.253 e. The van der Waals surface area contributed by atoms with E-state index >= 15 is 0 Å². The summed E-state index contributed by atoms with van der Waals surface area (Å²) in [7, 11) is 0. The van der Waals surface area contributed by atoms with Gasteiger partial charge in [0.2, 0.25) is 0 Å². The molecule has 24 heavy (non-hydrogen) atoms. The zero-order valence-electron chi connectivity index (χ0n) is 14.1. The Bertz CT molecular complexity index is 576. The monoisotopic (exact) mass is 343 g/mol. The molecule has 0 radical (unpaired) electrons. The van der Waals surface area contributed by atoms with Gasteiger partial charge in [-0.1, -0.05) is 5.16 Å². The number of piperidine rings is 1. The number of amides is 1. The highest BCUT2D eigenvalue weighted by Crippen LogP contribution is 2.28. The van der Waals surface area contributed by atoms with E-state index in [4.69, 9.17) is 9.26 Å². The molecule has 3 heterocycles. The van der Waals surface area contributed by atoms with Crippen molar-refractivity contribution < 1.29 is 22.8 Å². The number of likely N-dealkylation sites (tertiary alicyclic amines) is 1. The second-order valence-corrected chi connectivity index (χ2v) is 6.58. The Morgan fingerprint density at radius 3 is 2.62 bits per heavy atom. The number of halogens is 2. The first kappa shape index (κ1) is 17.3. The maximum atomic E-state index is 13.2. The van der Waals surface area contributed by atoms with Gasteiger partial charge in [-0.25, -0.2) is 8.78 Å². The predicted molar refractivity (Wildman–Crippen MR) is 81.8 cm³/mol. The van der Waals surface area contributed by atoms with Gasteiger partial charge in [0.25, 0.3) is 11.8 Å². The van der Waals surface area contributed by atoms with E-state index in [1.54, 1.807) is 0 Å². The summed E-state index contributed by atoms with van der Waals surface area (Å²) < 4.78 is 37.2. The molecule has 0 spiro atoms. The Hall–Kier alpha value is -1.54. The minimum absolute atomic E-state index is 0.0928. The summed E-state index contributed by atoms with van der Waals surface area (Å²) in [5, 5.41) is 3.94. The molecule has 2 saturated heterocycles. The van der Waals surface area contributed by atoms with Crippen LogP contribution >= 0.6 is 0 Å². The predicted octanol–water partition coefficient (Wildman–Crippen LogP) is 1.75. The molecule has 2 fully saturated rings. The quantitative estimate of drug-likeness (QED) is 0.837. The van der Waals surface area contributed by atoms with E-state index in [9.17, 15) is 13.6 Å². The molecule has 1 aromatic heterocycles. The molecule has 0 aromatic carbocycles. The van der Waals surface area contributed by atoms with Gasteiger partial charge in [-0.2, -0.15) is 0 Å². The molecule has 0 saturated carbocycles. The number of carbonyl (C=O) groups is 1. The normalized spacial score (nSPS) is 25.0. The number of alkyl halides is 2. The van der Waals surface area contributed by atoms with Gasteiger partial charge in [0, 0.05) is 51.1 Å². The van der Waals surface area contributed by atoms with Crippen LogP contribution in [0, 0.1) is 13.8 Å². The summed E-state index contributed by atoms with van der Waals surface area (Å²) >= 11 is 0. The maximum absolute atomic E-state index is 13.2. The van der Waals surface area contributed by atoms with Crippen LogP contribution in [0.25, 0.3) is 0 Å². The Morgan fingerprint density at radius 1 is 1.29 bits per heavy atom. The molecule has 0 N–H and O–H groups in total. The molecule has 2 aliphatic heterocycles. The molecule has 134 valence electrons. The first-order valence-electron chi connectivity index (χ1n) is 8.28. The van der Waals surface area contributed by atoms with Gasteiger partial charge in [0.15, 0.2) is 0 Å². The number of aryl methyl sites for hydroxylation is 2. The highest BCUT2D eigenvalue weighted by Gasteiger charge is 2.38. The molecular weight excluding hydrogens is 320 g/mol. The summed E-state index contributed by atoms with van der Waals surface area (Å²) in [5.41, 5.74) is 1.88. The second kappa shape index (κ2) is 6.76. The van der Waals surface area contributed by atoms with Crippen molar-refractivity contribution in [2.45, 2.75) is 45.3 Å². The smallest absolute Gasteiger partial charge is 0.253 e. The molecule has 1 atom stereocenters. The minimum Gasteiger partial charge on any atom is -0.366 e. The van der Waals surface area contributed by atoms with Crippen molar-refractivity contribution >= 4 is 5.91 Å². The van der Waals surface area contributed by atoms with Crippen LogP contribution in [0.15, 0.2) is 4.52 Å². The molecule has 6 nitrogen and oxygen atoms in total. The molecular formula is C16H23F2N3O3. The third kappa shape index (κ3) is 3.75. The third-order valence-corrected chi connectivity index (χ3v) is 4.80. The van der Waals surface area contributed by atoms with Crippen LogP contribution in [0.1, 0.15) is 29.9 Å². The second-order valence-electron chi connectivity index (χ2n) is 6.58. The van der Waals surface area contributed by atoms with Gasteiger partial charge < -0.3 is 14.2 Å². The topological polar surface area (TPSA) is 58.8 Å². The van der Waals surface area contributed by atoms with Crippen LogP contribution < -0.4 is 0 Å². The Kier molecular flexibility index (Phi) is 4.87. The zero-order chi connectivity index (χ0) is 17.3. The number of morpholine rings is 1. The van der Waals surface area contributed by atoms with Crippen LogP contribution in [0.4, 0.5) is 8.78 Å². The summed E-state index contributed by atoms with van der Waals surface area (Å²) in [5.74, 6) is -2.06. The molecule has 8 heteroatoms. The third-order valence-electron chi connectivity index (χ3n) is 4.80. The van der Waals surface area contributed by atoms with Crippen LogP contribution in [0.3, 0.4) is 0 Å². The van der Waals surface area contributed by atoms with E-state index in [2.05, 4.69) is 10.1 Å². The van der Waals surface area contributed by atoms with Crippen LogP contribution in [-0.2, 0) is 16.1 Å². The fourth-order valence-corrected chi connectivity index (χ4v) is 3.20. The number of ether oxygens (including phenoxy) is 1. The van der Waals surface area contributed by atoms with E-state index < -0.39 is 12.0 Å². The number of rotatable bonds is 3. The van der Waals surface area contributed by atoms with Gasteiger partial charge in [0.05, 0.1) is 12.3 Å². The number of aromatic nitrogens is 1. The van der Waals surface area contributed by atoms with Gasteiger partial charge in [-0.05, 0) is 13.8 Å². The van der Waals surface area contributed by atoms with Crippen molar-refractivity contribution in [2.24, 2.45) is 0 Å². The van der Waals surface area contributed by atoms with Crippen molar-refractivity contribution in [3.63, 3.8) is 0 Å². The Morgan fingerprint density at radius 2 is 2.00 bits per heavy atom. The van der Waals surface area contributed by atoms with Crippen molar-refractivity contribution in [1.29, 1.82) is 0 Å². The first-order valence-corrected chi connectivity index (χ1v) is 8.28. The molecule has 3 rings (SSSR count). The average molecular weight is 343 g/mol. The van der Waals surface area contributed by atoms with Crippen molar-refractivity contribution in [3.05, 3.63) is 17.0 Å². The number of hydrogen-bond acceptors (Lipinski definition) is 5. The van der Waals surface area contributed by atoms with E-state index in [0.29, 0.717) is 26.2 Å². The lowest BCUT2D eigenvalue weighted by Gasteiger charge is -2.37. The number of carbonyl (C=O) groups excluding carboxylic acids is 1. The summed E-state index contributed by atoms with van der Waals surface area (Å²) in [6.07, 6.45) is -1.13. The van der Waals surface area contributed by atoms with Gasteiger partial charge in [0.1, 0.15) is 11.9 Å². The molecule has 2 aliphatic rings. The minimum atomic E-state index is -2.65. The fourth-order valence-electron chi connectivity index (χ4n) is 3.20. The van der Waals surface area contributed by atoms with E-state index in [-0.39, 0.29) is 31.8 Å². The summed E-state index contributed by atoms with van der Waals surface area (Å²) in [6.45, 7) is 6.21. The van der Waals surface area contributed by atoms with Gasteiger partial charge in [-0.3, -0.25) is 9.69 Å². The van der Waals surface area contributed by atoms with E-state index in [1.165, 1.54) is 4.90 Å². The highest BCUT2D eigenvalue weighted by molar-refractivity contribution is 5.81. The van der Waals surface area contributed by atoms with Gasteiger partial charge in [-0.15, -0.1) is 0 Å².